The van der Waals surface area contributed by atoms with Crippen LogP contribution in [0.1, 0.15) is 19.8 Å². The van der Waals surface area contributed by atoms with Crippen molar-refractivity contribution in [3.63, 3.8) is 0 Å². The van der Waals surface area contributed by atoms with E-state index in [4.69, 9.17) is 14.2 Å². The molecule has 0 aliphatic heterocycles. The zero-order valence-electron chi connectivity index (χ0n) is 7.63. The van der Waals surface area contributed by atoms with Crippen LogP contribution < -0.4 is 0 Å². The van der Waals surface area contributed by atoms with Crippen LogP contribution in [0.2, 0.25) is 0 Å². The average Bonchev–Trinajstić information content (AvgIpc) is 2.05. The molecule has 0 aromatic rings. The van der Waals surface area contributed by atoms with E-state index in [2.05, 4.69) is 0 Å². The maximum Gasteiger partial charge on any atom is 0.156 e. The smallest absolute Gasteiger partial charge is 0.156 e. The highest BCUT2D eigenvalue weighted by molar-refractivity contribution is 4.39. The van der Waals surface area contributed by atoms with E-state index in [1.165, 1.54) is 0 Å². The van der Waals surface area contributed by atoms with Crippen LogP contribution in [0, 0.1) is 0 Å². The van der Waals surface area contributed by atoms with Crippen LogP contribution in [0.15, 0.2) is 0 Å². The molecule has 0 heterocycles. The van der Waals surface area contributed by atoms with E-state index in [0.717, 1.165) is 19.4 Å². The van der Waals surface area contributed by atoms with Gasteiger partial charge in [-0.05, 0) is 12.8 Å². The van der Waals surface area contributed by atoms with Crippen LogP contribution in [0.4, 0.5) is 0 Å². The molecule has 0 amide bonds. The predicted molar refractivity (Wildman–Crippen MR) is 43.5 cm³/mol. The van der Waals surface area contributed by atoms with Crippen LogP contribution in [-0.2, 0) is 14.2 Å². The Morgan fingerprint density at radius 1 is 1.18 bits per heavy atom. The minimum Gasteiger partial charge on any atom is -0.385 e. The maximum atomic E-state index is 5.34. The van der Waals surface area contributed by atoms with E-state index < -0.39 is 0 Å². The van der Waals surface area contributed by atoms with Crippen molar-refractivity contribution >= 4 is 0 Å². The van der Waals surface area contributed by atoms with Gasteiger partial charge >= 0.3 is 0 Å². The Morgan fingerprint density at radius 2 is 1.91 bits per heavy atom. The monoisotopic (exact) mass is 162 g/mol. The molecule has 0 radical (unpaired) electrons. The Morgan fingerprint density at radius 3 is 2.36 bits per heavy atom. The lowest BCUT2D eigenvalue weighted by Gasteiger charge is -2.13. The summed E-state index contributed by atoms with van der Waals surface area (Å²) in [5.74, 6) is 0. The van der Waals surface area contributed by atoms with Gasteiger partial charge in [0, 0.05) is 20.8 Å². The van der Waals surface area contributed by atoms with Gasteiger partial charge in [-0.1, -0.05) is 6.92 Å². The lowest BCUT2D eigenvalue weighted by molar-refractivity contribution is -0.126. The number of hydrogen-bond donors (Lipinski definition) is 0. The molecule has 0 saturated heterocycles. The van der Waals surface area contributed by atoms with E-state index in [-0.39, 0.29) is 6.29 Å². The number of rotatable bonds is 7. The van der Waals surface area contributed by atoms with Gasteiger partial charge < -0.3 is 14.2 Å². The Labute approximate surface area is 68.6 Å². The summed E-state index contributed by atoms with van der Waals surface area (Å²) in [7, 11) is 3.35. The summed E-state index contributed by atoms with van der Waals surface area (Å²) in [5.41, 5.74) is 0. The fourth-order valence-electron chi connectivity index (χ4n) is 0.771. The molecule has 0 aliphatic carbocycles. The van der Waals surface area contributed by atoms with Crippen molar-refractivity contribution < 1.29 is 14.2 Å². The molecule has 0 spiro atoms. The third-order valence-corrected chi connectivity index (χ3v) is 1.39. The third-order valence-electron chi connectivity index (χ3n) is 1.39. The molecule has 0 N–H and O–H groups in total. The molecule has 0 aliphatic rings. The minimum absolute atomic E-state index is 0.0492. The van der Waals surface area contributed by atoms with E-state index in [1.807, 2.05) is 6.92 Å². The second-order valence-electron chi connectivity index (χ2n) is 2.29. The van der Waals surface area contributed by atoms with Crippen LogP contribution in [0.5, 0.6) is 0 Å². The highest BCUT2D eigenvalue weighted by atomic mass is 16.7. The van der Waals surface area contributed by atoms with Gasteiger partial charge in [-0.2, -0.15) is 0 Å². The first-order valence-corrected chi connectivity index (χ1v) is 3.98. The van der Waals surface area contributed by atoms with Crippen molar-refractivity contribution in [1.29, 1.82) is 0 Å². The normalized spacial score (nSPS) is 13.4. The molecule has 0 saturated carbocycles. The summed E-state index contributed by atoms with van der Waals surface area (Å²) in [6.45, 7) is 3.49. The highest BCUT2D eigenvalue weighted by Gasteiger charge is 2.01. The molecule has 0 fully saturated rings. The zero-order chi connectivity index (χ0) is 8.53. The largest absolute Gasteiger partial charge is 0.385 e. The van der Waals surface area contributed by atoms with Crippen molar-refractivity contribution in [1.82, 2.24) is 0 Å². The zero-order valence-corrected chi connectivity index (χ0v) is 7.63. The van der Waals surface area contributed by atoms with Gasteiger partial charge in [0.1, 0.15) is 0 Å². The molecule has 1 unspecified atom stereocenters. The Kier molecular flexibility index (Phi) is 7.89. The first kappa shape index (κ1) is 10.9. The summed E-state index contributed by atoms with van der Waals surface area (Å²) in [5, 5.41) is 0. The van der Waals surface area contributed by atoms with Gasteiger partial charge in [-0.3, -0.25) is 0 Å². The lowest BCUT2D eigenvalue weighted by Crippen LogP contribution is -2.15. The summed E-state index contributed by atoms with van der Waals surface area (Å²) in [6, 6.07) is 0. The summed E-state index contributed by atoms with van der Waals surface area (Å²) in [6.07, 6.45) is 1.77. The van der Waals surface area contributed by atoms with Crippen molar-refractivity contribution in [3.05, 3.63) is 0 Å². The molecule has 0 bridgehead atoms. The van der Waals surface area contributed by atoms with Crippen molar-refractivity contribution in [2.24, 2.45) is 0 Å². The molecule has 3 nitrogen and oxygen atoms in total. The van der Waals surface area contributed by atoms with Gasteiger partial charge in [0.05, 0.1) is 6.61 Å². The molecule has 68 valence electrons. The number of methoxy groups -OCH3 is 2. The SMILES string of the molecule is CCC(OC)OCCCOC. The second kappa shape index (κ2) is 7.98. The van der Waals surface area contributed by atoms with Crippen molar-refractivity contribution in [2.45, 2.75) is 26.1 Å². The van der Waals surface area contributed by atoms with Crippen LogP contribution >= 0.6 is 0 Å². The molecule has 0 rings (SSSR count). The first-order chi connectivity index (χ1) is 5.35. The standard InChI is InChI=1S/C8H18O3/c1-4-8(10-3)11-7-5-6-9-2/h8H,4-7H2,1-3H3. The average molecular weight is 162 g/mol. The molecule has 0 aromatic carbocycles. The van der Waals surface area contributed by atoms with Crippen molar-refractivity contribution in [2.75, 3.05) is 27.4 Å². The van der Waals surface area contributed by atoms with E-state index >= 15 is 0 Å². The quantitative estimate of drug-likeness (QED) is 0.418. The van der Waals surface area contributed by atoms with Gasteiger partial charge in [-0.25, -0.2) is 0 Å². The lowest BCUT2D eigenvalue weighted by atomic mass is 10.4. The second-order valence-corrected chi connectivity index (χ2v) is 2.29. The maximum absolute atomic E-state index is 5.34. The molecular weight excluding hydrogens is 144 g/mol. The predicted octanol–water partition coefficient (Wildman–Crippen LogP) is 1.42. The van der Waals surface area contributed by atoms with Gasteiger partial charge in [0.15, 0.2) is 6.29 Å². The fraction of sp³-hybridized carbons (Fsp3) is 1.00. The first-order valence-electron chi connectivity index (χ1n) is 3.98. The van der Waals surface area contributed by atoms with Crippen LogP contribution in [-0.4, -0.2) is 33.7 Å². The highest BCUT2D eigenvalue weighted by Crippen LogP contribution is 1.98. The molecule has 0 aromatic heterocycles. The molecule has 3 heteroatoms. The van der Waals surface area contributed by atoms with E-state index in [0.29, 0.717) is 6.61 Å². The summed E-state index contributed by atoms with van der Waals surface area (Å²) >= 11 is 0. The Hall–Kier alpha value is -0.120. The topological polar surface area (TPSA) is 27.7 Å². The minimum atomic E-state index is -0.0492. The van der Waals surface area contributed by atoms with Crippen LogP contribution in [0.3, 0.4) is 0 Å². The van der Waals surface area contributed by atoms with Crippen molar-refractivity contribution in [3.8, 4) is 0 Å². The molecule has 1 atom stereocenters. The fourth-order valence-corrected chi connectivity index (χ4v) is 0.771. The molecular formula is C8H18O3. The van der Waals surface area contributed by atoms with E-state index in [1.54, 1.807) is 14.2 Å². The van der Waals surface area contributed by atoms with E-state index in [9.17, 15) is 0 Å². The van der Waals surface area contributed by atoms with Gasteiger partial charge in [0.2, 0.25) is 0 Å². The molecule has 11 heavy (non-hydrogen) atoms. The van der Waals surface area contributed by atoms with Crippen LogP contribution in [0.25, 0.3) is 0 Å². The number of hydrogen-bond acceptors (Lipinski definition) is 3. The van der Waals surface area contributed by atoms with Gasteiger partial charge in [-0.15, -0.1) is 0 Å². The third kappa shape index (κ3) is 6.28. The Bertz CT molecular complexity index is 71.7. The van der Waals surface area contributed by atoms with Gasteiger partial charge in [0.25, 0.3) is 0 Å². The number of ether oxygens (including phenoxy) is 3. The summed E-state index contributed by atoms with van der Waals surface area (Å²) < 4.78 is 15.2. The summed E-state index contributed by atoms with van der Waals surface area (Å²) in [4.78, 5) is 0. The Balaban J connectivity index is 3.07.